The van der Waals surface area contributed by atoms with Gasteiger partial charge in [0.2, 0.25) is 0 Å². The largest absolute Gasteiger partial charge is 0.465 e. The fraction of sp³-hybridized carbons (Fsp3) is 0.278. The first-order valence-corrected chi connectivity index (χ1v) is 7.53. The van der Waals surface area contributed by atoms with Crippen molar-refractivity contribution in [2.75, 3.05) is 13.1 Å². The van der Waals surface area contributed by atoms with Crippen LogP contribution in [-0.2, 0) is 6.54 Å². The van der Waals surface area contributed by atoms with Crippen molar-refractivity contribution < 1.29 is 9.90 Å². The number of likely N-dealkylation sites (tertiary alicyclic amines) is 1. The van der Waals surface area contributed by atoms with Gasteiger partial charge >= 0.3 is 6.09 Å². The van der Waals surface area contributed by atoms with E-state index in [0.29, 0.717) is 0 Å². The molecule has 4 nitrogen and oxygen atoms in total. The van der Waals surface area contributed by atoms with Crippen LogP contribution < -0.4 is 5.32 Å². The Balaban J connectivity index is 1.75. The first-order valence-electron chi connectivity index (χ1n) is 7.53. The van der Waals surface area contributed by atoms with Crippen LogP contribution in [0.1, 0.15) is 17.0 Å². The zero-order chi connectivity index (χ0) is 15.4. The highest BCUT2D eigenvalue weighted by molar-refractivity contribution is 5.65. The number of hydrogen-bond donors (Lipinski definition) is 2. The molecule has 0 radical (unpaired) electrons. The zero-order valence-corrected chi connectivity index (χ0v) is 12.4. The molecule has 1 amide bonds. The third-order valence-electron chi connectivity index (χ3n) is 4.18. The fourth-order valence-electron chi connectivity index (χ4n) is 3.20. The van der Waals surface area contributed by atoms with Crippen molar-refractivity contribution in [2.45, 2.75) is 18.5 Å². The average molecular weight is 296 g/mol. The number of carboxylic acid groups (broad SMARTS) is 1. The van der Waals surface area contributed by atoms with Crippen molar-refractivity contribution in [1.82, 2.24) is 10.2 Å². The summed E-state index contributed by atoms with van der Waals surface area (Å²) >= 11 is 0. The number of benzene rings is 2. The van der Waals surface area contributed by atoms with Gasteiger partial charge in [0.05, 0.1) is 6.04 Å². The van der Waals surface area contributed by atoms with Gasteiger partial charge in [-0.3, -0.25) is 4.90 Å². The van der Waals surface area contributed by atoms with E-state index in [2.05, 4.69) is 34.5 Å². The number of nitrogens with one attached hydrogen (secondary N) is 1. The predicted octanol–water partition coefficient (Wildman–Crippen LogP) is 2.92. The maximum absolute atomic E-state index is 11.1. The molecule has 0 spiro atoms. The Morgan fingerprint density at radius 3 is 2.32 bits per heavy atom. The molecule has 114 valence electrons. The van der Waals surface area contributed by atoms with Gasteiger partial charge in [0.1, 0.15) is 0 Å². The molecule has 3 rings (SSSR count). The standard InChI is InChI=1S/C18H20N2O2/c21-18(22)19-17-13-20(11-14-7-3-1-4-8-14)12-16(17)15-9-5-2-6-10-15/h1-10,16-17,19H,11-13H2,(H,21,22)/t16-,17+/m0/s1. The van der Waals surface area contributed by atoms with Gasteiger partial charge in [0.25, 0.3) is 0 Å². The lowest BCUT2D eigenvalue weighted by Crippen LogP contribution is -2.38. The highest BCUT2D eigenvalue weighted by Gasteiger charge is 2.34. The lowest BCUT2D eigenvalue weighted by molar-refractivity contribution is 0.188. The minimum absolute atomic E-state index is 0.0661. The monoisotopic (exact) mass is 296 g/mol. The van der Waals surface area contributed by atoms with E-state index in [-0.39, 0.29) is 12.0 Å². The molecule has 2 atom stereocenters. The van der Waals surface area contributed by atoms with E-state index < -0.39 is 6.09 Å². The summed E-state index contributed by atoms with van der Waals surface area (Å²) in [5.41, 5.74) is 2.45. The summed E-state index contributed by atoms with van der Waals surface area (Å²) in [4.78, 5) is 13.4. The van der Waals surface area contributed by atoms with Crippen LogP contribution in [0.3, 0.4) is 0 Å². The van der Waals surface area contributed by atoms with Crippen molar-refractivity contribution in [2.24, 2.45) is 0 Å². The number of rotatable bonds is 4. The first kappa shape index (κ1) is 14.6. The summed E-state index contributed by atoms with van der Waals surface area (Å²) in [6.07, 6.45) is -0.951. The smallest absolute Gasteiger partial charge is 0.404 e. The number of carbonyl (C=O) groups is 1. The highest BCUT2D eigenvalue weighted by atomic mass is 16.4. The van der Waals surface area contributed by atoms with E-state index in [9.17, 15) is 4.79 Å². The van der Waals surface area contributed by atoms with Crippen LogP contribution in [0.25, 0.3) is 0 Å². The van der Waals surface area contributed by atoms with E-state index in [4.69, 9.17) is 5.11 Å². The normalized spacial score (nSPS) is 21.6. The summed E-state index contributed by atoms with van der Waals surface area (Å²) in [7, 11) is 0. The van der Waals surface area contributed by atoms with Crippen LogP contribution in [0.4, 0.5) is 4.79 Å². The van der Waals surface area contributed by atoms with Crippen LogP contribution >= 0.6 is 0 Å². The molecule has 2 aromatic rings. The van der Waals surface area contributed by atoms with E-state index in [0.717, 1.165) is 19.6 Å². The van der Waals surface area contributed by atoms with Crippen LogP contribution in [0.15, 0.2) is 60.7 Å². The third kappa shape index (κ3) is 3.46. The minimum Gasteiger partial charge on any atom is -0.465 e. The molecule has 0 bridgehead atoms. The molecule has 1 fully saturated rings. The Morgan fingerprint density at radius 1 is 1.05 bits per heavy atom. The molecule has 0 aliphatic carbocycles. The Labute approximate surface area is 130 Å². The molecular weight excluding hydrogens is 276 g/mol. The Kier molecular flexibility index (Phi) is 4.39. The summed E-state index contributed by atoms with van der Waals surface area (Å²) < 4.78 is 0. The van der Waals surface area contributed by atoms with Gasteiger partial charge in [-0.1, -0.05) is 60.7 Å². The molecule has 1 aliphatic rings. The van der Waals surface area contributed by atoms with Gasteiger partial charge in [0, 0.05) is 25.6 Å². The van der Waals surface area contributed by atoms with Gasteiger partial charge in [-0.05, 0) is 11.1 Å². The Hall–Kier alpha value is -2.33. The second kappa shape index (κ2) is 6.62. The average Bonchev–Trinajstić information content (AvgIpc) is 2.91. The fourth-order valence-corrected chi connectivity index (χ4v) is 3.20. The van der Waals surface area contributed by atoms with Gasteiger partial charge in [-0.25, -0.2) is 4.79 Å². The minimum atomic E-state index is -0.951. The molecule has 0 saturated carbocycles. The van der Waals surface area contributed by atoms with Crippen molar-refractivity contribution in [3.05, 3.63) is 71.8 Å². The van der Waals surface area contributed by atoms with Crippen LogP contribution in [-0.4, -0.2) is 35.2 Å². The van der Waals surface area contributed by atoms with E-state index in [1.165, 1.54) is 11.1 Å². The third-order valence-corrected chi connectivity index (χ3v) is 4.18. The second-order valence-electron chi connectivity index (χ2n) is 5.75. The molecule has 2 aromatic carbocycles. The SMILES string of the molecule is O=C(O)N[C@@H]1CN(Cc2ccccc2)C[C@H]1c1ccccc1. The quantitative estimate of drug-likeness (QED) is 0.912. The maximum Gasteiger partial charge on any atom is 0.404 e. The molecule has 0 aromatic heterocycles. The molecule has 1 heterocycles. The summed E-state index contributed by atoms with van der Waals surface area (Å²) in [6.45, 7) is 2.45. The molecule has 22 heavy (non-hydrogen) atoms. The number of nitrogens with zero attached hydrogens (tertiary/aromatic N) is 1. The molecule has 0 unspecified atom stereocenters. The molecule has 1 aliphatic heterocycles. The van der Waals surface area contributed by atoms with Gasteiger partial charge < -0.3 is 10.4 Å². The molecular formula is C18H20N2O2. The lowest BCUT2D eigenvalue weighted by atomic mass is 9.94. The van der Waals surface area contributed by atoms with Crippen LogP contribution in [0.2, 0.25) is 0 Å². The Bertz CT molecular complexity index is 615. The summed E-state index contributed by atoms with van der Waals surface area (Å²) in [5.74, 6) is 0.195. The number of hydrogen-bond acceptors (Lipinski definition) is 2. The first-order chi connectivity index (χ1) is 10.7. The van der Waals surface area contributed by atoms with Gasteiger partial charge in [-0.2, -0.15) is 0 Å². The summed E-state index contributed by atoms with van der Waals surface area (Å²) in [5, 5.41) is 11.8. The van der Waals surface area contributed by atoms with E-state index in [1.807, 2.05) is 36.4 Å². The van der Waals surface area contributed by atoms with E-state index in [1.54, 1.807) is 0 Å². The summed E-state index contributed by atoms with van der Waals surface area (Å²) in [6, 6.07) is 20.4. The predicted molar refractivity (Wildman–Crippen MR) is 85.9 cm³/mol. The van der Waals surface area contributed by atoms with E-state index >= 15 is 0 Å². The highest BCUT2D eigenvalue weighted by Crippen LogP contribution is 2.28. The van der Waals surface area contributed by atoms with Crippen LogP contribution in [0.5, 0.6) is 0 Å². The van der Waals surface area contributed by atoms with Crippen molar-refractivity contribution in [3.63, 3.8) is 0 Å². The van der Waals surface area contributed by atoms with Crippen molar-refractivity contribution in [1.29, 1.82) is 0 Å². The molecule has 1 saturated heterocycles. The molecule has 2 N–H and O–H groups in total. The topological polar surface area (TPSA) is 52.6 Å². The van der Waals surface area contributed by atoms with Crippen molar-refractivity contribution in [3.8, 4) is 0 Å². The second-order valence-corrected chi connectivity index (χ2v) is 5.75. The van der Waals surface area contributed by atoms with Crippen molar-refractivity contribution >= 4 is 6.09 Å². The van der Waals surface area contributed by atoms with Crippen LogP contribution in [0, 0.1) is 0 Å². The Morgan fingerprint density at radius 2 is 1.68 bits per heavy atom. The molecule has 4 heteroatoms. The van der Waals surface area contributed by atoms with Gasteiger partial charge in [0.15, 0.2) is 0 Å². The van der Waals surface area contributed by atoms with Gasteiger partial charge in [-0.15, -0.1) is 0 Å². The zero-order valence-electron chi connectivity index (χ0n) is 12.4. The maximum atomic E-state index is 11.1. The number of amides is 1. The lowest BCUT2D eigenvalue weighted by Gasteiger charge is -2.18.